The second-order valence-corrected chi connectivity index (χ2v) is 4.20. The number of ether oxygens (including phenoxy) is 2. The normalized spacial score (nSPS) is 10.2. The Hall–Kier alpha value is -1.30. The molecule has 0 aliphatic rings. The number of alkyl halides is 1. The van der Waals surface area contributed by atoms with Gasteiger partial charge in [0.25, 0.3) is 0 Å². The Bertz CT molecular complexity index is 448. The number of carbonyl (C=O) groups is 1. The van der Waals surface area contributed by atoms with Crippen LogP contribution in [0.2, 0.25) is 0 Å². The Balaban J connectivity index is 3.49. The second kappa shape index (κ2) is 6.58. The molecule has 0 aliphatic heterocycles. The zero-order valence-electron chi connectivity index (χ0n) is 10.1. The van der Waals surface area contributed by atoms with Gasteiger partial charge < -0.3 is 14.6 Å². The Kier molecular flexibility index (Phi) is 5.40. The van der Waals surface area contributed by atoms with Crippen molar-refractivity contribution in [3.8, 4) is 11.5 Å². The standard InChI is InChI=1S/C12H14BrFO4/c1-3-17-9-5-8(13)10(12(15)16)7(6-14)11(9)18-4-2/h5H,3-4,6H2,1-2H3,(H,15,16). The number of halogens is 2. The monoisotopic (exact) mass is 320 g/mol. The molecule has 100 valence electrons. The molecular weight excluding hydrogens is 307 g/mol. The van der Waals surface area contributed by atoms with Gasteiger partial charge in [-0.25, -0.2) is 9.18 Å². The summed E-state index contributed by atoms with van der Waals surface area (Å²) in [5.74, 6) is -0.718. The van der Waals surface area contributed by atoms with E-state index in [1.165, 1.54) is 6.07 Å². The molecule has 1 aromatic rings. The van der Waals surface area contributed by atoms with Gasteiger partial charge in [0, 0.05) is 10.0 Å². The summed E-state index contributed by atoms with van der Waals surface area (Å²) in [6, 6.07) is 1.48. The number of rotatable bonds is 6. The second-order valence-electron chi connectivity index (χ2n) is 3.34. The summed E-state index contributed by atoms with van der Waals surface area (Å²) >= 11 is 3.11. The molecule has 1 rings (SSSR count). The number of carboxylic acids is 1. The van der Waals surface area contributed by atoms with Crippen LogP contribution in [0.1, 0.15) is 29.8 Å². The third kappa shape index (κ3) is 2.93. The van der Waals surface area contributed by atoms with Crippen molar-refractivity contribution >= 4 is 21.9 Å². The van der Waals surface area contributed by atoms with Crippen LogP contribution in [0, 0.1) is 0 Å². The fourth-order valence-electron chi connectivity index (χ4n) is 1.58. The Morgan fingerprint density at radius 1 is 1.39 bits per heavy atom. The van der Waals surface area contributed by atoms with E-state index < -0.39 is 12.6 Å². The van der Waals surface area contributed by atoms with Crippen molar-refractivity contribution in [2.24, 2.45) is 0 Å². The molecule has 0 saturated heterocycles. The number of hydrogen-bond acceptors (Lipinski definition) is 3. The van der Waals surface area contributed by atoms with Crippen molar-refractivity contribution in [3.05, 3.63) is 21.7 Å². The average Bonchev–Trinajstić information content (AvgIpc) is 2.31. The van der Waals surface area contributed by atoms with Crippen LogP contribution in [0.3, 0.4) is 0 Å². The molecule has 6 heteroatoms. The molecule has 18 heavy (non-hydrogen) atoms. The van der Waals surface area contributed by atoms with Crippen LogP contribution in [0.25, 0.3) is 0 Å². The maximum Gasteiger partial charge on any atom is 0.337 e. The maximum atomic E-state index is 13.1. The van der Waals surface area contributed by atoms with E-state index in [4.69, 9.17) is 14.6 Å². The first kappa shape index (κ1) is 14.8. The van der Waals surface area contributed by atoms with Crippen molar-refractivity contribution in [3.63, 3.8) is 0 Å². The molecule has 0 amide bonds. The first-order valence-corrected chi connectivity index (χ1v) is 6.26. The van der Waals surface area contributed by atoms with Gasteiger partial charge in [-0.1, -0.05) is 0 Å². The summed E-state index contributed by atoms with van der Waals surface area (Å²) in [5, 5.41) is 9.10. The first-order valence-electron chi connectivity index (χ1n) is 5.46. The average molecular weight is 321 g/mol. The predicted octanol–water partition coefficient (Wildman–Crippen LogP) is 3.41. The van der Waals surface area contributed by atoms with Gasteiger partial charge in [-0.3, -0.25) is 0 Å². The van der Waals surface area contributed by atoms with Crippen molar-refractivity contribution in [2.45, 2.75) is 20.5 Å². The third-order valence-electron chi connectivity index (χ3n) is 2.23. The quantitative estimate of drug-likeness (QED) is 0.872. The molecule has 0 atom stereocenters. The van der Waals surface area contributed by atoms with Gasteiger partial charge in [0.05, 0.1) is 18.8 Å². The van der Waals surface area contributed by atoms with Crippen molar-refractivity contribution in [1.29, 1.82) is 0 Å². The zero-order chi connectivity index (χ0) is 13.7. The largest absolute Gasteiger partial charge is 0.490 e. The fourth-order valence-corrected chi connectivity index (χ4v) is 2.20. The smallest absolute Gasteiger partial charge is 0.337 e. The minimum Gasteiger partial charge on any atom is -0.490 e. The van der Waals surface area contributed by atoms with Gasteiger partial charge in [0.2, 0.25) is 0 Å². The highest BCUT2D eigenvalue weighted by Gasteiger charge is 2.23. The van der Waals surface area contributed by atoms with Gasteiger partial charge >= 0.3 is 5.97 Å². The lowest BCUT2D eigenvalue weighted by Gasteiger charge is -2.16. The molecule has 0 heterocycles. The van der Waals surface area contributed by atoms with Crippen LogP contribution in [-0.4, -0.2) is 24.3 Å². The van der Waals surface area contributed by atoms with E-state index in [0.29, 0.717) is 19.0 Å². The van der Waals surface area contributed by atoms with E-state index in [-0.39, 0.29) is 21.3 Å². The lowest BCUT2D eigenvalue weighted by molar-refractivity contribution is 0.0693. The highest BCUT2D eigenvalue weighted by Crippen LogP contribution is 2.39. The number of aromatic carboxylic acids is 1. The first-order chi connectivity index (χ1) is 8.56. The van der Waals surface area contributed by atoms with Gasteiger partial charge in [-0.2, -0.15) is 0 Å². The molecule has 1 aromatic carbocycles. The Labute approximate surface area is 113 Å². The summed E-state index contributed by atoms with van der Waals surface area (Å²) in [6.07, 6.45) is 0. The fraction of sp³-hybridized carbons (Fsp3) is 0.417. The van der Waals surface area contributed by atoms with E-state index in [2.05, 4.69) is 15.9 Å². The number of hydrogen-bond donors (Lipinski definition) is 1. The molecule has 0 spiro atoms. The van der Waals surface area contributed by atoms with E-state index in [1.54, 1.807) is 13.8 Å². The van der Waals surface area contributed by atoms with Crippen molar-refractivity contribution in [1.82, 2.24) is 0 Å². The van der Waals surface area contributed by atoms with E-state index in [9.17, 15) is 9.18 Å². The topological polar surface area (TPSA) is 55.8 Å². The highest BCUT2D eigenvalue weighted by molar-refractivity contribution is 9.10. The van der Waals surface area contributed by atoms with Crippen LogP contribution in [0.15, 0.2) is 10.5 Å². The SMILES string of the molecule is CCOc1cc(Br)c(C(=O)O)c(CF)c1OCC. The minimum atomic E-state index is -1.21. The molecule has 0 radical (unpaired) electrons. The van der Waals surface area contributed by atoms with Crippen LogP contribution in [0.4, 0.5) is 4.39 Å². The summed E-state index contributed by atoms with van der Waals surface area (Å²) in [4.78, 5) is 11.1. The van der Waals surface area contributed by atoms with E-state index >= 15 is 0 Å². The van der Waals surface area contributed by atoms with Crippen LogP contribution in [0.5, 0.6) is 11.5 Å². The molecule has 4 nitrogen and oxygen atoms in total. The molecule has 0 aromatic heterocycles. The van der Waals surface area contributed by atoms with Crippen molar-refractivity contribution < 1.29 is 23.8 Å². The van der Waals surface area contributed by atoms with Gasteiger partial charge in [0.1, 0.15) is 6.67 Å². The van der Waals surface area contributed by atoms with Gasteiger partial charge in [-0.05, 0) is 35.8 Å². The van der Waals surface area contributed by atoms with Crippen LogP contribution >= 0.6 is 15.9 Å². The molecule has 1 N–H and O–H groups in total. The molecule has 0 saturated carbocycles. The minimum absolute atomic E-state index is 0.0119. The summed E-state index contributed by atoms with van der Waals surface area (Å²) in [7, 11) is 0. The molecule has 0 aliphatic carbocycles. The Morgan fingerprint density at radius 2 is 2.00 bits per heavy atom. The Morgan fingerprint density at radius 3 is 2.44 bits per heavy atom. The lowest BCUT2D eigenvalue weighted by Crippen LogP contribution is -2.08. The number of benzene rings is 1. The lowest BCUT2D eigenvalue weighted by atomic mass is 10.1. The highest BCUT2D eigenvalue weighted by atomic mass is 79.9. The third-order valence-corrected chi connectivity index (χ3v) is 2.86. The molecule has 0 fully saturated rings. The summed E-state index contributed by atoms with van der Waals surface area (Å²) in [6.45, 7) is 3.26. The van der Waals surface area contributed by atoms with Gasteiger partial charge in [0.15, 0.2) is 11.5 Å². The van der Waals surface area contributed by atoms with E-state index in [0.717, 1.165) is 0 Å². The van der Waals surface area contributed by atoms with Crippen molar-refractivity contribution in [2.75, 3.05) is 13.2 Å². The van der Waals surface area contributed by atoms with Crippen LogP contribution in [-0.2, 0) is 6.67 Å². The van der Waals surface area contributed by atoms with E-state index in [1.807, 2.05) is 0 Å². The molecule has 0 bridgehead atoms. The molecular formula is C12H14BrFO4. The van der Waals surface area contributed by atoms with Crippen LogP contribution < -0.4 is 9.47 Å². The predicted molar refractivity (Wildman–Crippen MR) is 68.3 cm³/mol. The zero-order valence-corrected chi connectivity index (χ0v) is 11.7. The summed E-state index contributed by atoms with van der Waals surface area (Å²) < 4.78 is 24.0. The molecule has 0 unspecified atom stereocenters. The maximum absolute atomic E-state index is 13.1. The van der Waals surface area contributed by atoms with Gasteiger partial charge in [-0.15, -0.1) is 0 Å². The number of carboxylic acid groups (broad SMARTS) is 1. The summed E-state index contributed by atoms with van der Waals surface area (Å²) in [5.41, 5.74) is -0.147.